The fraction of sp³-hybridized carbons (Fsp3) is 0.417. The second-order valence-electron chi connectivity index (χ2n) is 8.18. The first-order valence-corrected chi connectivity index (χ1v) is 10.6. The molecule has 1 saturated heterocycles. The molecule has 0 radical (unpaired) electrons. The van der Waals surface area contributed by atoms with Gasteiger partial charge in [-0.2, -0.15) is 5.10 Å². The molecule has 1 aliphatic rings. The van der Waals surface area contributed by atoms with E-state index in [1.54, 1.807) is 6.07 Å². The summed E-state index contributed by atoms with van der Waals surface area (Å²) in [5.74, 6) is 0.674. The van der Waals surface area contributed by atoms with Gasteiger partial charge in [-0.15, -0.1) is 0 Å². The number of phenolic OH excluding ortho intramolecular Hbond substituents is 1. The number of nitrogens with one attached hydrogen (secondary N) is 2. The van der Waals surface area contributed by atoms with Crippen molar-refractivity contribution in [3.8, 4) is 11.5 Å². The normalized spacial score (nSPS) is 15.1. The molecule has 0 aromatic heterocycles. The van der Waals surface area contributed by atoms with Gasteiger partial charge in [0.1, 0.15) is 18.0 Å². The molecule has 6 heteroatoms. The molecule has 30 heavy (non-hydrogen) atoms. The smallest absolute Gasteiger partial charge is 0.277 e. The number of carbonyl (C=O) groups is 1. The molecule has 0 saturated carbocycles. The number of likely N-dealkylation sites (tertiary alicyclic amines) is 1. The highest BCUT2D eigenvalue weighted by Gasteiger charge is 2.16. The highest BCUT2D eigenvalue weighted by molar-refractivity contribution is 5.99. The zero-order valence-electron chi connectivity index (χ0n) is 18.1. The van der Waals surface area contributed by atoms with Gasteiger partial charge in [0.05, 0.1) is 18.8 Å². The summed E-state index contributed by atoms with van der Waals surface area (Å²) in [6, 6.07) is 11.3. The van der Waals surface area contributed by atoms with Crippen LogP contribution in [-0.2, 0) is 11.3 Å². The molecule has 160 valence electrons. The van der Waals surface area contributed by atoms with E-state index >= 15 is 0 Å². The molecule has 3 N–H and O–H groups in total. The lowest BCUT2D eigenvalue weighted by Crippen LogP contribution is -3.11. The Morgan fingerprint density at radius 1 is 1.10 bits per heavy atom. The summed E-state index contributed by atoms with van der Waals surface area (Å²) < 4.78 is 5.57. The van der Waals surface area contributed by atoms with Crippen LogP contribution in [0, 0.1) is 13.8 Å². The van der Waals surface area contributed by atoms with Gasteiger partial charge in [-0.25, -0.2) is 5.43 Å². The molecule has 6 nitrogen and oxygen atoms in total. The number of phenols is 1. The Morgan fingerprint density at radius 2 is 1.80 bits per heavy atom. The van der Waals surface area contributed by atoms with Crippen molar-refractivity contribution in [3.05, 3.63) is 58.7 Å². The Balaban J connectivity index is 1.57. The Morgan fingerprint density at radius 3 is 2.50 bits per heavy atom. The lowest BCUT2D eigenvalue weighted by Gasteiger charge is -2.24. The fourth-order valence-electron chi connectivity index (χ4n) is 3.86. The molecule has 1 aliphatic heterocycles. The molecule has 3 rings (SSSR count). The predicted octanol–water partition coefficient (Wildman–Crippen LogP) is 2.50. The molecule has 0 bridgehead atoms. The lowest BCUT2D eigenvalue weighted by molar-refractivity contribution is -0.918. The number of amides is 1. The van der Waals surface area contributed by atoms with E-state index in [9.17, 15) is 9.90 Å². The number of benzene rings is 2. The Hall–Kier alpha value is -2.86. The van der Waals surface area contributed by atoms with Crippen LogP contribution in [0.5, 0.6) is 11.5 Å². The molecule has 0 unspecified atom stereocenters. The summed E-state index contributed by atoms with van der Waals surface area (Å²) in [6.45, 7) is 8.83. The van der Waals surface area contributed by atoms with E-state index < -0.39 is 0 Å². The second kappa shape index (κ2) is 10.3. The fourth-order valence-corrected chi connectivity index (χ4v) is 3.86. The van der Waals surface area contributed by atoms with E-state index in [0.717, 1.165) is 41.9 Å². The number of nitrogens with zero attached hydrogens (tertiary/aromatic N) is 1. The number of rotatable bonds is 7. The lowest BCUT2D eigenvalue weighted by atomic mass is 10.0. The van der Waals surface area contributed by atoms with E-state index in [4.69, 9.17) is 4.74 Å². The van der Waals surface area contributed by atoms with Crippen molar-refractivity contribution >= 4 is 11.6 Å². The first-order chi connectivity index (χ1) is 14.4. The van der Waals surface area contributed by atoms with Gasteiger partial charge in [0.2, 0.25) is 0 Å². The van der Waals surface area contributed by atoms with Gasteiger partial charge in [0.25, 0.3) is 5.91 Å². The Labute approximate surface area is 178 Å². The van der Waals surface area contributed by atoms with Gasteiger partial charge in [-0.1, -0.05) is 6.07 Å². The number of carbonyl (C=O) groups excluding carboxylic acids is 1. The standard InChI is InChI=1S/C24H31N3O3/c1-17-11-18(2)13-22(12-17)30-16-24(29)26-25-19(3)20-7-8-23(28)21(14-20)15-27-9-5-4-6-10-27/h7-8,11-14,28H,4-6,9-10,15-16H2,1-3H3,(H,26,29)/p+1/b25-19+. The third-order valence-electron chi connectivity index (χ3n) is 5.41. The van der Waals surface area contributed by atoms with Crippen LogP contribution in [0.3, 0.4) is 0 Å². The van der Waals surface area contributed by atoms with Crippen LogP contribution in [0.1, 0.15) is 48.4 Å². The predicted molar refractivity (Wildman–Crippen MR) is 118 cm³/mol. The van der Waals surface area contributed by atoms with Gasteiger partial charge < -0.3 is 14.7 Å². The molecule has 1 fully saturated rings. The maximum atomic E-state index is 12.1. The third kappa shape index (κ3) is 6.32. The van der Waals surface area contributed by atoms with Crippen molar-refractivity contribution < 1.29 is 19.5 Å². The van der Waals surface area contributed by atoms with E-state index in [1.165, 1.54) is 24.2 Å². The third-order valence-corrected chi connectivity index (χ3v) is 5.41. The van der Waals surface area contributed by atoms with Crippen molar-refractivity contribution in [2.45, 2.75) is 46.6 Å². The number of aryl methyl sites for hydroxylation is 2. The van der Waals surface area contributed by atoms with E-state index in [1.807, 2.05) is 45.0 Å². The average molecular weight is 411 g/mol. The minimum absolute atomic E-state index is 0.0984. The van der Waals surface area contributed by atoms with Crippen LogP contribution in [0.15, 0.2) is 41.5 Å². The number of quaternary nitrogens is 1. The molecule has 0 spiro atoms. The van der Waals surface area contributed by atoms with Crippen LogP contribution < -0.4 is 15.1 Å². The topological polar surface area (TPSA) is 75.4 Å². The molecular formula is C24H32N3O3+. The first-order valence-electron chi connectivity index (χ1n) is 10.6. The summed E-state index contributed by atoms with van der Waals surface area (Å²) >= 11 is 0. The highest BCUT2D eigenvalue weighted by Crippen LogP contribution is 2.19. The molecule has 0 aliphatic carbocycles. The maximum Gasteiger partial charge on any atom is 0.277 e. The van der Waals surface area contributed by atoms with Crippen LogP contribution in [0.2, 0.25) is 0 Å². The maximum absolute atomic E-state index is 12.1. The average Bonchev–Trinajstić information content (AvgIpc) is 2.72. The highest BCUT2D eigenvalue weighted by atomic mass is 16.5. The zero-order chi connectivity index (χ0) is 21.5. The molecule has 1 amide bonds. The summed E-state index contributed by atoms with van der Waals surface area (Å²) in [6.07, 6.45) is 3.78. The monoisotopic (exact) mass is 410 g/mol. The number of hydrogen-bond acceptors (Lipinski definition) is 4. The van der Waals surface area contributed by atoms with Crippen LogP contribution >= 0.6 is 0 Å². The minimum Gasteiger partial charge on any atom is -0.507 e. The molecule has 2 aromatic rings. The van der Waals surface area contributed by atoms with Crippen molar-refractivity contribution in [2.75, 3.05) is 19.7 Å². The number of aromatic hydroxyl groups is 1. The number of piperidine rings is 1. The van der Waals surface area contributed by atoms with Gasteiger partial charge in [0, 0.05) is 5.56 Å². The van der Waals surface area contributed by atoms with Crippen LogP contribution in [-0.4, -0.2) is 36.4 Å². The van der Waals surface area contributed by atoms with Crippen LogP contribution in [0.25, 0.3) is 0 Å². The largest absolute Gasteiger partial charge is 0.507 e. The van der Waals surface area contributed by atoms with E-state index in [0.29, 0.717) is 17.2 Å². The molecular weight excluding hydrogens is 378 g/mol. The number of ether oxygens (including phenoxy) is 1. The van der Waals surface area contributed by atoms with Gasteiger partial charge in [-0.3, -0.25) is 4.79 Å². The van der Waals surface area contributed by atoms with Gasteiger partial charge >= 0.3 is 0 Å². The summed E-state index contributed by atoms with van der Waals surface area (Å²) in [5, 5.41) is 14.5. The van der Waals surface area contributed by atoms with Crippen molar-refractivity contribution in [1.29, 1.82) is 0 Å². The number of hydrazone groups is 1. The van der Waals surface area contributed by atoms with E-state index in [-0.39, 0.29) is 12.5 Å². The molecule has 0 atom stereocenters. The summed E-state index contributed by atoms with van der Waals surface area (Å²) in [5.41, 5.74) is 7.22. The van der Waals surface area contributed by atoms with Gasteiger partial charge in [0.15, 0.2) is 6.61 Å². The van der Waals surface area contributed by atoms with E-state index in [2.05, 4.69) is 16.6 Å². The second-order valence-corrected chi connectivity index (χ2v) is 8.18. The number of hydrogen-bond donors (Lipinski definition) is 3. The van der Waals surface area contributed by atoms with Crippen molar-refractivity contribution in [1.82, 2.24) is 5.43 Å². The van der Waals surface area contributed by atoms with Gasteiger partial charge in [-0.05, 0) is 87.1 Å². The SMILES string of the molecule is C/C(=N\NC(=O)COc1cc(C)cc(C)c1)c1ccc(O)c(C[NH+]2CCCCC2)c1. The molecule has 1 heterocycles. The van der Waals surface area contributed by atoms with Crippen molar-refractivity contribution in [3.63, 3.8) is 0 Å². The molecule has 2 aromatic carbocycles. The quantitative estimate of drug-likeness (QED) is 0.485. The minimum atomic E-state index is -0.315. The zero-order valence-corrected chi connectivity index (χ0v) is 18.1. The van der Waals surface area contributed by atoms with Crippen molar-refractivity contribution in [2.24, 2.45) is 5.10 Å². The first kappa shape index (κ1) is 21.8. The Bertz CT molecular complexity index is 898. The summed E-state index contributed by atoms with van der Waals surface area (Å²) in [7, 11) is 0. The summed E-state index contributed by atoms with van der Waals surface area (Å²) in [4.78, 5) is 13.6. The van der Waals surface area contributed by atoms with Crippen LogP contribution in [0.4, 0.5) is 0 Å². The Kier molecular flexibility index (Phi) is 7.46.